The minimum Gasteiger partial charge on any atom is -1.00 e. The molecular formula is C24H44Cl2N4O2. The van der Waals surface area contributed by atoms with E-state index in [-0.39, 0.29) is 24.8 Å². The maximum atomic E-state index is 13.1. The van der Waals surface area contributed by atoms with Gasteiger partial charge in [-0.25, -0.2) is 0 Å². The number of carbonyl (C=O) groups excluding carboxylic acids is 2. The van der Waals surface area contributed by atoms with Crippen LogP contribution in [0.1, 0.15) is 40.5 Å². The second-order valence-electron chi connectivity index (χ2n) is 11.8. The van der Waals surface area contributed by atoms with Crippen molar-refractivity contribution in [3.63, 3.8) is 0 Å². The standard InChI is InChI=1S/C24H44N4O2.2ClH/c1-19-11-20(2)14-25(13-19)23(29)17-27-5-8-28(9-6-27,10-7-27)18-24(30)26-15-21(3)12-22(4)16-26;;/h19-22H,5-18H2,1-4H3;2*1H/q+2;;/p-2. The summed E-state index contributed by atoms with van der Waals surface area (Å²) in [6.07, 6.45) is 2.48. The highest BCUT2D eigenvalue weighted by atomic mass is 35.5. The van der Waals surface area contributed by atoms with Crippen molar-refractivity contribution in [3.8, 4) is 0 Å². The van der Waals surface area contributed by atoms with E-state index in [0.29, 0.717) is 48.6 Å². The first-order valence-electron chi connectivity index (χ1n) is 12.4. The predicted molar refractivity (Wildman–Crippen MR) is 119 cm³/mol. The van der Waals surface area contributed by atoms with Gasteiger partial charge < -0.3 is 43.6 Å². The monoisotopic (exact) mass is 490 g/mol. The number of hydrogen-bond acceptors (Lipinski definition) is 2. The zero-order valence-corrected chi connectivity index (χ0v) is 22.1. The Labute approximate surface area is 207 Å². The van der Waals surface area contributed by atoms with E-state index in [9.17, 15) is 9.59 Å². The van der Waals surface area contributed by atoms with E-state index < -0.39 is 0 Å². The lowest BCUT2D eigenvalue weighted by Gasteiger charge is -2.55. The van der Waals surface area contributed by atoms with Crippen molar-refractivity contribution in [2.24, 2.45) is 23.7 Å². The summed E-state index contributed by atoms with van der Waals surface area (Å²) in [5.74, 6) is 3.21. The van der Waals surface area contributed by atoms with E-state index in [2.05, 4.69) is 37.5 Å². The molecule has 0 aromatic carbocycles. The number of quaternary nitrogens is 2. The van der Waals surface area contributed by atoms with Gasteiger partial charge >= 0.3 is 0 Å². The summed E-state index contributed by atoms with van der Waals surface area (Å²) in [6, 6.07) is 0. The van der Waals surface area contributed by atoms with Crippen molar-refractivity contribution in [1.29, 1.82) is 0 Å². The number of nitrogens with zero attached hydrogens (tertiary/aromatic N) is 4. The van der Waals surface area contributed by atoms with Gasteiger partial charge in [0, 0.05) is 26.2 Å². The highest BCUT2D eigenvalue weighted by Crippen LogP contribution is 2.29. The maximum absolute atomic E-state index is 13.1. The second kappa shape index (κ2) is 10.8. The Morgan fingerprint density at radius 2 is 0.844 bits per heavy atom. The lowest BCUT2D eigenvalue weighted by molar-refractivity contribution is -1.07. The first-order chi connectivity index (χ1) is 14.2. The quantitative estimate of drug-likeness (QED) is 0.374. The molecular weight excluding hydrogens is 447 g/mol. The van der Waals surface area contributed by atoms with Gasteiger partial charge in [0.05, 0.1) is 0 Å². The molecule has 4 atom stereocenters. The Balaban J connectivity index is 0.00000181. The van der Waals surface area contributed by atoms with Crippen molar-refractivity contribution in [3.05, 3.63) is 0 Å². The third-order valence-electron chi connectivity index (χ3n) is 8.53. The van der Waals surface area contributed by atoms with Gasteiger partial charge in [-0.05, 0) is 36.5 Å². The second-order valence-corrected chi connectivity index (χ2v) is 11.8. The van der Waals surface area contributed by atoms with Gasteiger partial charge in [0.25, 0.3) is 11.8 Å². The number of piperidine rings is 2. The fourth-order valence-electron chi connectivity index (χ4n) is 6.92. The van der Waals surface area contributed by atoms with E-state index in [4.69, 9.17) is 0 Å². The van der Waals surface area contributed by atoms with Gasteiger partial charge in [-0.2, -0.15) is 0 Å². The molecule has 32 heavy (non-hydrogen) atoms. The number of fused-ring (bicyclic) bond motifs is 3. The summed E-state index contributed by atoms with van der Waals surface area (Å²) in [6.45, 7) is 20.6. The van der Waals surface area contributed by atoms with E-state index in [1.54, 1.807) is 0 Å². The van der Waals surface area contributed by atoms with Crippen LogP contribution in [0.15, 0.2) is 0 Å². The molecule has 2 bridgehead atoms. The van der Waals surface area contributed by atoms with E-state index in [0.717, 1.165) is 74.4 Å². The Kier molecular flexibility index (Phi) is 9.34. The Bertz CT molecular complexity index is 576. The lowest BCUT2D eigenvalue weighted by atomic mass is 9.91. The lowest BCUT2D eigenvalue weighted by Crippen LogP contribution is -3.00. The Morgan fingerprint density at radius 1 is 0.594 bits per heavy atom. The molecule has 0 aliphatic carbocycles. The van der Waals surface area contributed by atoms with Crippen molar-refractivity contribution in [2.75, 3.05) is 78.5 Å². The van der Waals surface area contributed by atoms with Crippen LogP contribution in [-0.2, 0) is 9.59 Å². The molecule has 6 nitrogen and oxygen atoms in total. The van der Waals surface area contributed by atoms with Crippen LogP contribution in [0.25, 0.3) is 0 Å². The fraction of sp³-hybridized carbons (Fsp3) is 0.917. The average Bonchev–Trinajstić information content (AvgIpc) is 2.68. The van der Waals surface area contributed by atoms with Gasteiger partial charge in [-0.1, -0.05) is 27.7 Å². The van der Waals surface area contributed by atoms with E-state index >= 15 is 0 Å². The zero-order chi connectivity index (χ0) is 21.5. The van der Waals surface area contributed by atoms with Crippen LogP contribution in [0, 0.1) is 23.7 Å². The summed E-state index contributed by atoms with van der Waals surface area (Å²) in [4.78, 5) is 30.5. The summed E-state index contributed by atoms with van der Waals surface area (Å²) < 4.78 is 1.92. The number of halogens is 2. The molecule has 186 valence electrons. The number of piperazine rings is 3. The molecule has 5 aliphatic rings. The topological polar surface area (TPSA) is 40.6 Å². The summed E-state index contributed by atoms with van der Waals surface area (Å²) in [5.41, 5.74) is 0. The van der Waals surface area contributed by atoms with Crippen LogP contribution < -0.4 is 24.8 Å². The largest absolute Gasteiger partial charge is 1.00 e. The van der Waals surface area contributed by atoms with Crippen LogP contribution in [-0.4, -0.2) is 109 Å². The Morgan fingerprint density at radius 3 is 1.09 bits per heavy atom. The van der Waals surface area contributed by atoms with Crippen molar-refractivity contribution < 1.29 is 43.4 Å². The van der Waals surface area contributed by atoms with Gasteiger partial charge in [0.15, 0.2) is 13.1 Å². The molecule has 0 N–H and O–H groups in total. The van der Waals surface area contributed by atoms with Gasteiger partial charge in [-0.3, -0.25) is 9.59 Å². The molecule has 2 amide bonds. The summed E-state index contributed by atoms with van der Waals surface area (Å²) in [7, 11) is 0. The Hall–Kier alpha value is -0.560. The number of amides is 2. The number of rotatable bonds is 4. The van der Waals surface area contributed by atoms with Crippen molar-refractivity contribution in [1.82, 2.24) is 9.80 Å². The average molecular weight is 492 g/mol. The van der Waals surface area contributed by atoms with Gasteiger partial charge in [0.1, 0.15) is 39.3 Å². The predicted octanol–water partition coefficient (Wildman–Crippen LogP) is -4.34. The van der Waals surface area contributed by atoms with Crippen LogP contribution in [0.2, 0.25) is 0 Å². The molecule has 5 aliphatic heterocycles. The fourth-order valence-corrected chi connectivity index (χ4v) is 6.92. The minimum atomic E-state index is 0. The number of hydrogen-bond donors (Lipinski definition) is 0. The first kappa shape index (κ1) is 27.7. The minimum absolute atomic E-state index is 0. The molecule has 0 spiro atoms. The van der Waals surface area contributed by atoms with E-state index in [1.807, 2.05) is 0 Å². The van der Waals surface area contributed by atoms with Gasteiger partial charge in [-0.15, -0.1) is 0 Å². The third-order valence-corrected chi connectivity index (χ3v) is 8.53. The molecule has 5 saturated heterocycles. The van der Waals surface area contributed by atoms with Crippen LogP contribution in [0.4, 0.5) is 0 Å². The molecule has 0 aromatic rings. The smallest absolute Gasteiger partial charge is 0.277 e. The molecule has 8 heteroatoms. The SMILES string of the molecule is CC1CC(C)CN(C(=O)C[N+]23CC[N+](CC(=O)N4CC(C)CC(C)C4)(CC2)CC3)C1.[Cl-].[Cl-]. The molecule has 5 fully saturated rings. The van der Waals surface area contributed by atoms with Crippen LogP contribution >= 0.6 is 0 Å². The zero-order valence-electron chi connectivity index (χ0n) is 20.6. The first-order valence-corrected chi connectivity index (χ1v) is 12.4. The summed E-state index contributed by atoms with van der Waals surface area (Å²) in [5, 5.41) is 0. The molecule has 0 aromatic heterocycles. The van der Waals surface area contributed by atoms with Crippen LogP contribution in [0.3, 0.4) is 0 Å². The molecule has 5 heterocycles. The normalized spacial score (nSPS) is 39.1. The maximum Gasteiger partial charge on any atom is 0.277 e. The molecule has 5 rings (SSSR count). The molecule has 0 saturated carbocycles. The van der Waals surface area contributed by atoms with Gasteiger partial charge in [0.2, 0.25) is 0 Å². The summed E-state index contributed by atoms with van der Waals surface area (Å²) >= 11 is 0. The third kappa shape index (κ3) is 6.11. The highest BCUT2D eigenvalue weighted by molar-refractivity contribution is 5.78. The molecule has 0 radical (unpaired) electrons. The number of carbonyl (C=O) groups is 2. The van der Waals surface area contributed by atoms with Crippen molar-refractivity contribution in [2.45, 2.75) is 40.5 Å². The van der Waals surface area contributed by atoms with E-state index in [1.165, 1.54) is 12.8 Å². The number of likely N-dealkylation sites (tertiary alicyclic amines) is 2. The highest BCUT2D eigenvalue weighted by Gasteiger charge is 2.51. The molecule has 4 unspecified atom stereocenters. The van der Waals surface area contributed by atoms with Crippen molar-refractivity contribution >= 4 is 11.8 Å². The van der Waals surface area contributed by atoms with Crippen LogP contribution in [0.5, 0.6) is 0 Å².